The first-order chi connectivity index (χ1) is 42.2. The zero-order valence-electron chi connectivity index (χ0n) is 52.8. The summed E-state index contributed by atoms with van der Waals surface area (Å²) in [5, 5.41) is 90.7. The van der Waals surface area contributed by atoms with E-state index in [1.165, 1.54) is 27.2 Å². The molecule has 89 heavy (non-hydrogen) atoms. The van der Waals surface area contributed by atoms with Gasteiger partial charge in [-0.15, -0.1) is 0 Å². The first kappa shape index (κ1) is 68.8. The smallest absolute Gasteiger partial charge is 0.331 e. The average molecular weight is 1270 g/mol. The van der Waals surface area contributed by atoms with Crippen LogP contribution in [0.2, 0.25) is 0 Å². The second kappa shape index (κ2) is 27.4. The summed E-state index contributed by atoms with van der Waals surface area (Å²) in [6, 6.07) is 9.25. The highest BCUT2D eigenvalue weighted by molar-refractivity contribution is 5.89. The van der Waals surface area contributed by atoms with Crippen LogP contribution in [0.15, 0.2) is 48.1 Å². The summed E-state index contributed by atoms with van der Waals surface area (Å²) in [6.07, 6.45) is -14.7. The molecule has 30 atom stereocenters. The highest BCUT2D eigenvalue weighted by Gasteiger charge is 2.81. The topological polar surface area (TPSA) is 334 Å². The predicted molar refractivity (Wildman–Crippen MR) is 310 cm³/mol. The molecule has 0 amide bonds. The van der Waals surface area contributed by atoms with E-state index >= 15 is 0 Å². The number of benzene rings is 1. The molecule has 1 aromatic rings. The van der Waals surface area contributed by atoms with Crippen molar-refractivity contribution in [2.75, 3.05) is 35.0 Å². The van der Waals surface area contributed by atoms with Gasteiger partial charge in [-0.3, -0.25) is 4.79 Å². The molecule has 5 heterocycles. The van der Waals surface area contributed by atoms with Crippen LogP contribution in [0, 0.1) is 16.7 Å². The van der Waals surface area contributed by atoms with Gasteiger partial charge in [0.1, 0.15) is 83.9 Å². The first-order valence-electron chi connectivity index (χ1n) is 31.5. The SMILES string of the molecule is CO[C@H]1[C@@H](O)[C@H](O[C@H]2[C@@H](OC)C[C@H](O[C@H]3[C@@H](OC)C[C@H](O[C@H]4[C@@H](OC)C[C@H](O[C@H]5CC[C@@]6(C)C(=CC[C@]7(O)[C@@H]6C[C@@H](OC(=O)/C=C/c6ccccc6)[C@@]6(C)[C@]7(O)CC[C@@]6(O)C(C)=O)C5)O[C@@H]4C)O[C@@H]3C)O[C@@H]2C)O[C@H](C)[C@H]1O[C@@H]1O[C@H](CO)[C@@H](O)[C@H](O)[C@H]1O. The molecular weight excluding hydrogens is 1170 g/mol. The number of esters is 1. The number of rotatable bonds is 19. The van der Waals surface area contributed by atoms with Crippen LogP contribution in [0.1, 0.15) is 118 Å². The summed E-state index contributed by atoms with van der Waals surface area (Å²) in [4.78, 5) is 27.0. The molecule has 25 nitrogen and oxygen atoms in total. The standard InChI is InChI=1S/C64H96O25/c1-31-53(86-47-27-40(76-9)54(32(2)80-47)87-48-28-41(77-10)55(33(3)81-48)88-59-52(71)57(78-11)56(34(4)82-59)89-58-51(70)50(69)49(68)42(30-65)84-58)39(75-8)26-46(79-31)83-38-20-21-60(6)37(25-38)19-22-63(73)43(60)29-44(85-45(67)18-17-36-15-13-12-14-16-36)61(7)62(72,35(5)66)23-24-64(61,63)74/h12-19,31-34,38-44,46-59,65,68-74H,20-30H2,1-11H3/b18-17+/t31-,32-,33-,34-,38+,39+,40+,41+,42-,43-,44-,46+,47+,48+,49-,50+,51-,52-,53-,54-,55-,56-,57+,58+,59+,60+,61-,62-,63+,64-/m1/s1. The molecule has 5 saturated heterocycles. The largest absolute Gasteiger partial charge is 0.458 e. The quantitative estimate of drug-likeness (QED) is 0.0558. The van der Waals surface area contributed by atoms with Gasteiger partial charge in [-0.05, 0) is 104 Å². The van der Waals surface area contributed by atoms with Crippen LogP contribution < -0.4 is 0 Å². The number of hydrogen-bond acceptors (Lipinski definition) is 25. The number of ether oxygens (including phenoxy) is 15. The minimum atomic E-state index is -2.07. The lowest BCUT2D eigenvalue weighted by atomic mass is 9.42. The number of ketones is 1. The second-order valence-electron chi connectivity index (χ2n) is 26.6. The number of fused-ring (bicyclic) bond motifs is 5. The number of carbonyl (C=O) groups is 2. The molecule has 0 spiro atoms. The molecule has 4 aliphatic carbocycles. The van der Waals surface area contributed by atoms with Crippen LogP contribution in [0.25, 0.3) is 6.08 Å². The van der Waals surface area contributed by atoms with E-state index in [4.69, 9.17) is 71.1 Å². The first-order valence-corrected chi connectivity index (χ1v) is 31.5. The average Bonchev–Trinajstić information content (AvgIpc) is 1.61. The normalized spacial score (nSPS) is 49.3. The maximum atomic E-state index is 13.7. The zero-order chi connectivity index (χ0) is 64.3. The summed E-state index contributed by atoms with van der Waals surface area (Å²) in [7, 11) is 6.10. The highest BCUT2D eigenvalue weighted by atomic mass is 16.8. The van der Waals surface area contributed by atoms with Gasteiger partial charge >= 0.3 is 5.97 Å². The van der Waals surface area contributed by atoms with Crippen LogP contribution >= 0.6 is 0 Å². The molecule has 9 aliphatic rings. The molecule has 3 saturated carbocycles. The number of methoxy groups -OCH3 is 4. The van der Waals surface area contributed by atoms with Crippen molar-refractivity contribution in [3.05, 3.63) is 53.6 Å². The second-order valence-corrected chi connectivity index (χ2v) is 26.6. The lowest BCUT2D eigenvalue weighted by Gasteiger charge is -2.67. The van der Waals surface area contributed by atoms with Gasteiger partial charge in [0.25, 0.3) is 0 Å². The summed E-state index contributed by atoms with van der Waals surface area (Å²) < 4.78 is 93.6. The number of carbonyl (C=O) groups excluding carboxylic acids is 2. The van der Waals surface area contributed by atoms with Gasteiger partial charge in [0.15, 0.2) is 37.2 Å². The van der Waals surface area contributed by atoms with Gasteiger partial charge in [-0.25, -0.2) is 4.79 Å². The van der Waals surface area contributed by atoms with E-state index in [-0.39, 0.29) is 38.2 Å². The molecule has 0 unspecified atom stereocenters. The molecule has 0 radical (unpaired) electrons. The maximum absolute atomic E-state index is 13.7. The van der Waals surface area contributed by atoms with Crippen LogP contribution in [-0.4, -0.2) is 252 Å². The van der Waals surface area contributed by atoms with Gasteiger partial charge in [0, 0.05) is 59.7 Å². The Morgan fingerprint density at radius 2 is 1.16 bits per heavy atom. The summed E-state index contributed by atoms with van der Waals surface area (Å²) >= 11 is 0. The van der Waals surface area contributed by atoms with E-state index in [1.54, 1.807) is 41.1 Å². The monoisotopic (exact) mass is 1260 g/mol. The van der Waals surface area contributed by atoms with Gasteiger partial charge in [0.05, 0.1) is 60.9 Å². The molecule has 25 heteroatoms. The van der Waals surface area contributed by atoms with E-state index in [1.807, 2.05) is 50.3 Å². The fraction of sp³-hybridized carbons (Fsp3) is 0.812. The van der Waals surface area contributed by atoms with E-state index in [0.717, 1.165) is 11.1 Å². The van der Waals surface area contributed by atoms with Crippen LogP contribution in [0.3, 0.4) is 0 Å². The Kier molecular flexibility index (Phi) is 21.2. The Hall–Kier alpha value is -3.04. The molecule has 0 bridgehead atoms. The Morgan fingerprint density at radius 3 is 1.71 bits per heavy atom. The number of aliphatic hydroxyl groups is 8. The molecule has 10 rings (SSSR count). The lowest BCUT2D eigenvalue weighted by Crippen LogP contribution is -2.78. The van der Waals surface area contributed by atoms with Crippen molar-refractivity contribution in [1.29, 1.82) is 0 Å². The third-order valence-electron chi connectivity index (χ3n) is 21.8. The van der Waals surface area contributed by atoms with Gasteiger partial charge in [-0.2, -0.15) is 0 Å². The van der Waals surface area contributed by atoms with Crippen molar-refractivity contribution in [2.24, 2.45) is 16.7 Å². The molecule has 5 aliphatic heterocycles. The van der Waals surface area contributed by atoms with Crippen molar-refractivity contribution in [1.82, 2.24) is 0 Å². The van der Waals surface area contributed by atoms with Gasteiger partial charge in [-0.1, -0.05) is 48.9 Å². The van der Waals surface area contributed by atoms with E-state index < -0.39 is 193 Å². The van der Waals surface area contributed by atoms with Crippen molar-refractivity contribution in [3.8, 4) is 0 Å². The van der Waals surface area contributed by atoms with Gasteiger partial charge < -0.3 is 112 Å². The highest BCUT2D eigenvalue weighted by Crippen LogP contribution is 2.71. The van der Waals surface area contributed by atoms with Crippen LogP contribution in [-0.2, 0) is 80.6 Å². The molecule has 8 N–H and O–H groups in total. The minimum absolute atomic E-state index is 0.0602. The molecule has 8 fully saturated rings. The van der Waals surface area contributed by atoms with E-state index in [9.17, 15) is 50.4 Å². The number of hydrogen-bond donors (Lipinski definition) is 8. The van der Waals surface area contributed by atoms with E-state index in [0.29, 0.717) is 32.1 Å². The predicted octanol–water partition coefficient (Wildman–Crippen LogP) is 2.03. The fourth-order valence-electron chi connectivity index (χ4n) is 16.5. The van der Waals surface area contributed by atoms with Crippen molar-refractivity contribution < 1.29 is 121 Å². The molecule has 0 aromatic heterocycles. The Bertz CT molecular complexity index is 2630. The van der Waals surface area contributed by atoms with Crippen LogP contribution in [0.5, 0.6) is 0 Å². The summed E-state index contributed by atoms with van der Waals surface area (Å²) in [6.45, 7) is 11.5. The van der Waals surface area contributed by atoms with Crippen molar-refractivity contribution in [3.63, 3.8) is 0 Å². The Balaban J connectivity index is 0.728. The number of Topliss-reactive ketones (excluding diaryl/α,β-unsaturated/α-hetero) is 1. The maximum Gasteiger partial charge on any atom is 0.331 e. The molecular formula is C64H96O25. The molecule has 502 valence electrons. The molecule has 1 aromatic carbocycles. The fourth-order valence-corrected chi connectivity index (χ4v) is 16.5. The van der Waals surface area contributed by atoms with Crippen molar-refractivity contribution >= 4 is 17.8 Å². The Morgan fingerprint density at radius 1 is 0.618 bits per heavy atom. The zero-order valence-corrected chi connectivity index (χ0v) is 52.8. The third-order valence-corrected chi connectivity index (χ3v) is 21.8. The summed E-state index contributed by atoms with van der Waals surface area (Å²) in [5.74, 6) is -1.86. The van der Waals surface area contributed by atoms with E-state index in [2.05, 4.69) is 6.92 Å². The third kappa shape index (κ3) is 12.5. The van der Waals surface area contributed by atoms with Crippen LogP contribution in [0.4, 0.5) is 0 Å². The van der Waals surface area contributed by atoms with Crippen molar-refractivity contribution in [2.45, 2.75) is 277 Å². The minimum Gasteiger partial charge on any atom is -0.458 e. The lowest BCUT2D eigenvalue weighted by molar-refractivity contribution is -0.374. The van der Waals surface area contributed by atoms with Gasteiger partial charge in [0.2, 0.25) is 0 Å². The number of aliphatic hydroxyl groups excluding tert-OH is 5. The Labute approximate surface area is 520 Å². The summed E-state index contributed by atoms with van der Waals surface area (Å²) in [5.41, 5.74) is -6.41.